The van der Waals surface area contributed by atoms with E-state index >= 15 is 0 Å². The highest BCUT2D eigenvalue weighted by molar-refractivity contribution is 14.0. The summed E-state index contributed by atoms with van der Waals surface area (Å²) in [7, 11) is 0. The SMILES string of the molecule is Clc1ccccc1CNN1CCNC1.I. The van der Waals surface area contributed by atoms with Crippen molar-refractivity contribution in [2.75, 3.05) is 19.8 Å². The third-order valence-electron chi connectivity index (χ3n) is 2.31. The van der Waals surface area contributed by atoms with Crippen molar-refractivity contribution < 1.29 is 0 Å². The number of nitrogens with one attached hydrogen (secondary N) is 2. The molecule has 0 amide bonds. The van der Waals surface area contributed by atoms with E-state index in [1.807, 2.05) is 24.3 Å². The van der Waals surface area contributed by atoms with E-state index in [4.69, 9.17) is 11.6 Å². The van der Waals surface area contributed by atoms with Gasteiger partial charge in [0, 0.05) is 24.7 Å². The van der Waals surface area contributed by atoms with Crippen LogP contribution in [0.2, 0.25) is 5.02 Å². The number of benzene rings is 1. The van der Waals surface area contributed by atoms with E-state index in [9.17, 15) is 0 Å². The van der Waals surface area contributed by atoms with Crippen molar-refractivity contribution in [2.24, 2.45) is 0 Å². The molecular formula is C10H15ClIN3. The van der Waals surface area contributed by atoms with Crippen LogP contribution in [0.5, 0.6) is 0 Å². The topological polar surface area (TPSA) is 27.3 Å². The maximum Gasteiger partial charge on any atom is 0.0622 e. The van der Waals surface area contributed by atoms with Crippen LogP contribution in [0, 0.1) is 0 Å². The molecule has 1 aliphatic heterocycles. The van der Waals surface area contributed by atoms with Crippen molar-refractivity contribution in [2.45, 2.75) is 6.54 Å². The maximum absolute atomic E-state index is 6.04. The monoisotopic (exact) mass is 339 g/mol. The lowest BCUT2D eigenvalue weighted by atomic mass is 10.2. The Kier molecular flexibility index (Phi) is 5.84. The zero-order chi connectivity index (χ0) is 9.80. The minimum absolute atomic E-state index is 0. The molecule has 0 aliphatic carbocycles. The molecule has 0 atom stereocenters. The van der Waals surface area contributed by atoms with Crippen LogP contribution < -0.4 is 10.7 Å². The fourth-order valence-corrected chi connectivity index (χ4v) is 1.68. The summed E-state index contributed by atoms with van der Waals surface area (Å²) in [6, 6.07) is 7.91. The number of rotatable bonds is 3. The summed E-state index contributed by atoms with van der Waals surface area (Å²) >= 11 is 6.04. The summed E-state index contributed by atoms with van der Waals surface area (Å²) in [4.78, 5) is 0. The Balaban J connectivity index is 0.00000112. The Bertz CT molecular complexity index is 302. The van der Waals surface area contributed by atoms with E-state index in [2.05, 4.69) is 15.8 Å². The first kappa shape index (κ1) is 13.2. The van der Waals surface area contributed by atoms with Gasteiger partial charge in [-0.2, -0.15) is 0 Å². The molecule has 0 saturated carbocycles. The normalized spacial score (nSPS) is 16.3. The van der Waals surface area contributed by atoms with Gasteiger partial charge in [-0.05, 0) is 11.6 Å². The molecule has 1 aromatic carbocycles. The van der Waals surface area contributed by atoms with Crippen LogP contribution in [0.4, 0.5) is 0 Å². The molecule has 1 fully saturated rings. The molecule has 2 rings (SSSR count). The molecule has 0 bridgehead atoms. The Morgan fingerprint density at radius 3 is 2.87 bits per heavy atom. The molecular weight excluding hydrogens is 324 g/mol. The molecule has 0 aromatic heterocycles. The average molecular weight is 340 g/mol. The molecule has 2 N–H and O–H groups in total. The first-order valence-corrected chi connectivity index (χ1v) is 5.16. The van der Waals surface area contributed by atoms with Crippen molar-refractivity contribution in [3.8, 4) is 0 Å². The van der Waals surface area contributed by atoms with Gasteiger partial charge in [0.15, 0.2) is 0 Å². The lowest BCUT2D eigenvalue weighted by molar-refractivity contribution is 0.229. The molecule has 1 aromatic rings. The van der Waals surface area contributed by atoms with Crippen LogP contribution in [0.3, 0.4) is 0 Å². The van der Waals surface area contributed by atoms with E-state index in [1.165, 1.54) is 0 Å². The van der Waals surface area contributed by atoms with Crippen molar-refractivity contribution in [1.29, 1.82) is 0 Å². The predicted molar refractivity (Wildman–Crippen MR) is 73.3 cm³/mol. The first-order valence-electron chi connectivity index (χ1n) is 4.79. The van der Waals surface area contributed by atoms with Gasteiger partial charge in [0.25, 0.3) is 0 Å². The minimum atomic E-state index is 0. The highest BCUT2D eigenvalue weighted by atomic mass is 127. The molecule has 84 valence electrons. The molecule has 1 heterocycles. The van der Waals surface area contributed by atoms with Gasteiger partial charge in [0.05, 0.1) is 6.67 Å². The molecule has 0 spiro atoms. The van der Waals surface area contributed by atoms with E-state index in [0.717, 1.165) is 36.9 Å². The number of halogens is 2. The Morgan fingerprint density at radius 1 is 1.40 bits per heavy atom. The second-order valence-corrected chi connectivity index (χ2v) is 3.76. The summed E-state index contributed by atoms with van der Waals surface area (Å²) in [5, 5.41) is 6.24. The van der Waals surface area contributed by atoms with Crippen LogP contribution in [-0.2, 0) is 6.54 Å². The van der Waals surface area contributed by atoms with Crippen LogP contribution in [0.15, 0.2) is 24.3 Å². The second-order valence-electron chi connectivity index (χ2n) is 3.35. The van der Waals surface area contributed by atoms with Gasteiger partial charge in [0.2, 0.25) is 0 Å². The van der Waals surface area contributed by atoms with E-state index in [0.29, 0.717) is 0 Å². The van der Waals surface area contributed by atoms with Crippen LogP contribution in [0.25, 0.3) is 0 Å². The van der Waals surface area contributed by atoms with Crippen LogP contribution >= 0.6 is 35.6 Å². The van der Waals surface area contributed by atoms with Gasteiger partial charge < -0.3 is 5.32 Å². The largest absolute Gasteiger partial charge is 0.302 e. The van der Waals surface area contributed by atoms with Gasteiger partial charge in [-0.15, -0.1) is 24.0 Å². The van der Waals surface area contributed by atoms with Crippen molar-refractivity contribution >= 4 is 35.6 Å². The van der Waals surface area contributed by atoms with Crippen molar-refractivity contribution in [3.05, 3.63) is 34.9 Å². The maximum atomic E-state index is 6.04. The number of hydrazine groups is 1. The molecule has 3 nitrogen and oxygen atoms in total. The summed E-state index contributed by atoms with van der Waals surface area (Å²) in [5.41, 5.74) is 4.46. The molecule has 1 saturated heterocycles. The zero-order valence-electron chi connectivity index (χ0n) is 8.37. The van der Waals surface area contributed by atoms with Crippen molar-refractivity contribution in [1.82, 2.24) is 15.8 Å². The summed E-state index contributed by atoms with van der Waals surface area (Å²) in [6.45, 7) is 3.80. The first-order chi connectivity index (χ1) is 6.86. The zero-order valence-corrected chi connectivity index (χ0v) is 11.5. The summed E-state index contributed by atoms with van der Waals surface area (Å²) in [5.74, 6) is 0. The molecule has 1 aliphatic rings. The summed E-state index contributed by atoms with van der Waals surface area (Å²) < 4.78 is 0. The fourth-order valence-electron chi connectivity index (χ4n) is 1.48. The fraction of sp³-hybridized carbons (Fsp3) is 0.400. The highest BCUT2D eigenvalue weighted by Crippen LogP contribution is 2.14. The van der Waals surface area contributed by atoms with Crippen LogP contribution in [-0.4, -0.2) is 24.8 Å². The van der Waals surface area contributed by atoms with E-state index in [-0.39, 0.29) is 24.0 Å². The predicted octanol–water partition coefficient (Wildman–Crippen LogP) is 1.83. The number of nitrogens with zero attached hydrogens (tertiary/aromatic N) is 1. The summed E-state index contributed by atoms with van der Waals surface area (Å²) in [6.07, 6.45) is 0. The van der Waals surface area contributed by atoms with Gasteiger partial charge in [-0.25, -0.2) is 10.4 Å². The lowest BCUT2D eigenvalue weighted by Gasteiger charge is -2.15. The van der Waals surface area contributed by atoms with Crippen LogP contribution in [0.1, 0.15) is 5.56 Å². The molecule has 0 radical (unpaired) electrons. The Labute approximate surface area is 112 Å². The molecule has 5 heteroatoms. The highest BCUT2D eigenvalue weighted by Gasteiger charge is 2.09. The Hall–Kier alpha value is 0.120. The third-order valence-corrected chi connectivity index (χ3v) is 2.68. The smallest absolute Gasteiger partial charge is 0.0622 e. The van der Waals surface area contributed by atoms with Gasteiger partial charge in [-0.1, -0.05) is 29.8 Å². The third kappa shape index (κ3) is 3.88. The quantitative estimate of drug-likeness (QED) is 0.823. The lowest BCUT2D eigenvalue weighted by Crippen LogP contribution is -2.36. The molecule has 0 unspecified atom stereocenters. The molecule has 15 heavy (non-hydrogen) atoms. The van der Waals surface area contributed by atoms with Gasteiger partial charge in [-0.3, -0.25) is 0 Å². The van der Waals surface area contributed by atoms with Gasteiger partial charge >= 0.3 is 0 Å². The van der Waals surface area contributed by atoms with E-state index < -0.39 is 0 Å². The minimum Gasteiger partial charge on any atom is -0.302 e. The number of hydrogen-bond acceptors (Lipinski definition) is 3. The van der Waals surface area contributed by atoms with Crippen molar-refractivity contribution in [3.63, 3.8) is 0 Å². The second kappa shape index (κ2) is 6.65. The van der Waals surface area contributed by atoms with Gasteiger partial charge in [0.1, 0.15) is 0 Å². The van der Waals surface area contributed by atoms with E-state index in [1.54, 1.807) is 0 Å². The average Bonchev–Trinajstić information content (AvgIpc) is 2.69. The Morgan fingerprint density at radius 2 is 2.20 bits per heavy atom. The standard InChI is InChI=1S/C10H14ClN3.HI/c11-10-4-2-1-3-9(10)7-13-14-6-5-12-8-14;/h1-4,12-13H,5-8H2;1H. The number of hydrogen-bond donors (Lipinski definition) is 2.